The molecule has 0 aromatic heterocycles. The van der Waals surface area contributed by atoms with E-state index in [0.29, 0.717) is 5.56 Å². The number of nitro groups is 1. The summed E-state index contributed by atoms with van der Waals surface area (Å²) in [6.45, 7) is 3.94. The van der Waals surface area contributed by atoms with Gasteiger partial charge in [0.25, 0.3) is 11.6 Å². The number of hydrogen-bond acceptors (Lipinski definition) is 3. The second-order valence-electron chi connectivity index (χ2n) is 5.41. The first kappa shape index (κ1) is 16.6. The van der Waals surface area contributed by atoms with Crippen molar-refractivity contribution in [2.75, 3.05) is 11.9 Å². The second kappa shape index (κ2) is 7.51. The van der Waals surface area contributed by atoms with Crippen molar-refractivity contribution in [3.05, 3.63) is 69.8 Å². The fourth-order valence-electron chi connectivity index (χ4n) is 2.33. The summed E-state index contributed by atoms with van der Waals surface area (Å²) in [5.74, 6) is -0.259. The molecule has 0 bridgehead atoms. The van der Waals surface area contributed by atoms with E-state index in [9.17, 15) is 14.9 Å². The van der Waals surface area contributed by atoms with Crippen molar-refractivity contribution in [2.24, 2.45) is 0 Å². The van der Waals surface area contributed by atoms with E-state index >= 15 is 0 Å². The molecule has 6 heteroatoms. The number of anilines is 1. The highest BCUT2D eigenvalue weighted by atomic mass is 16.6. The van der Waals surface area contributed by atoms with Crippen molar-refractivity contribution in [1.29, 1.82) is 0 Å². The van der Waals surface area contributed by atoms with Crippen LogP contribution in [0.15, 0.2) is 48.5 Å². The number of para-hydroxylation sites is 1. The van der Waals surface area contributed by atoms with Crippen molar-refractivity contribution in [3.8, 4) is 0 Å². The summed E-state index contributed by atoms with van der Waals surface area (Å²) in [7, 11) is 0. The van der Waals surface area contributed by atoms with Gasteiger partial charge >= 0.3 is 0 Å². The molecule has 23 heavy (non-hydrogen) atoms. The summed E-state index contributed by atoms with van der Waals surface area (Å²) in [4.78, 5) is 22.7. The lowest BCUT2D eigenvalue weighted by atomic mass is 10.1. The van der Waals surface area contributed by atoms with Crippen LogP contribution < -0.4 is 10.6 Å². The van der Waals surface area contributed by atoms with Gasteiger partial charge in [0, 0.05) is 11.6 Å². The highest BCUT2D eigenvalue weighted by Crippen LogP contribution is 2.27. The number of nitrogens with zero attached hydrogens (tertiary/aromatic N) is 1. The van der Waals surface area contributed by atoms with Crippen LogP contribution >= 0.6 is 0 Å². The normalized spacial score (nSPS) is 11.7. The van der Waals surface area contributed by atoms with Crippen molar-refractivity contribution in [1.82, 2.24) is 0 Å². The number of rotatable bonds is 6. The Hall–Kier alpha value is -2.73. The zero-order valence-electron chi connectivity index (χ0n) is 13.2. The molecule has 2 aromatic rings. The number of carbonyl (C=O) groups excluding carboxylic acids is 1. The van der Waals surface area contributed by atoms with Gasteiger partial charge in [0.15, 0.2) is 6.54 Å². The SMILES string of the molecule is Cc1cccc([N+](=O)[O-])c1NC(=O)C[NH2+][C@H](C)c1ccccc1. The van der Waals surface area contributed by atoms with Gasteiger partial charge in [-0.05, 0) is 19.4 Å². The van der Waals surface area contributed by atoms with E-state index in [1.807, 2.05) is 42.6 Å². The van der Waals surface area contributed by atoms with Crippen LogP contribution in [-0.4, -0.2) is 17.4 Å². The summed E-state index contributed by atoms with van der Waals surface area (Å²) in [5.41, 5.74) is 1.98. The zero-order chi connectivity index (χ0) is 16.8. The van der Waals surface area contributed by atoms with Crippen LogP contribution in [0.5, 0.6) is 0 Å². The van der Waals surface area contributed by atoms with Gasteiger partial charge in [-0.3, -0.25) is 14.9 Å². The van der Waals surface area contributed by atoms with Crippen LogP contribution in [0.25, 0.3) is 0 Å². The minimum Gasteiger partial charge on any atom is -0.333 e. The predicted molar refractivity (Wildman–Crippen MR) is 88.1 cm³/mol. The summed E-state index contributed by atoms with van der Waals surface area (Å²) < 4.78 is 0. The van der Waals surface area contributed by atoms with Crippen molar-refractivity contribution < 1.29 is 15.0 Å². The van der Waals surface area contributed by atoms with Crippen LogP contribution in [-0.2, 0) is 4.79 Å². The van der Waals surface area contributed by atoms with Crippen molar-refractivity contribution >= 4 is 17.3 Å². The number of nitrogens with two attached hydrogens (primary N) is 1. The maximum absolute atomic E-state index is 12.1. The third kappa shape index (κ3) is 4.37. The smallest absolute Gasteiger partial charge is 0.293 e. The van der Waals surface area contributed by atoms with Crippen LogP contribution in [0.3, 0.4) is 0 Å². The summed E-state index contributed by atoms with van der Waals surface area (Å²) in [5, 5.41) is 15.6. The van der Waals surface area contributed by atoms with Crippen LogP contribution in [0, 0.1) is 17.0 Å². The van der Waals surface area contributed by atoms with E-state index in [4.69, 9.17) is 0 Å². The number of quaternary nitrogens is 1. The topological polar surface area (TPSA) is 88.9 Å². The molecule has 0 saturated carbocycles. The van der Waals surface area contributed by atoms with Gasteiger partial charge in [0.2, 0.25) is 0 Å². The third-order valence-electron chi connectivity index (χ3n) is 3.69. The molecule has 0 aliphatic carbocycles. The molecule has 0 unspecified atom stereocenters. The standard InChI is InChI=1S/C17H19N3O3/c1-12-7-6-10-15(20(22)23)17(12)19-16(21)11-18-13(2)14-8-4-3-5-9-14/h3-10,13,18H,11H2,1-2H3,(H,19,21)/p+1/t13-/m1/s1. The van der Waals surface area contributed by atoms with E-state index in [2.05, 4.69) is 5.32 Å². The third-order valence-corrected chi connectivity index (χ3v) is 3.69. The van der Waals surface area contributed by atoms with E-state index in [1.54, 1.807) is 19.1 Å². The quantitative estimate of drug-likeness (QED) is 0.632. The monoisotopic (exact) mass is 314 g/mol. The molecular formula is C17H20N3O3+. The molecule has 120 valence electrons. The molecule has 2 rings (SSSR count). The minimum atomic E-state index is -0.487. The van der Waals surface area contributed by atoms with Crippen LogP contribution in [0.1, 0.15) is 24.1 Å². The number of benzene rings is 2. The molecule has 0 saturated heterocycles. The van der Waals surface area contributed by atoms with E-state index in [-0.39, 0.29) is 29.9 Å². The average molecular weight is 314 g/mol. The molecule has 0 fully saturated rings. The first-order valence-corrected chi connectivity index (χ1v) is 7.41. The Kier molecular flexibility index (Phi) is 5.43. The predicted octanol–water partition coefficient (Wildman–Crippen LogP) is 2.17. The summed E-state index contributed by atoms with van der Waals surface area (Å²) >= 11 is 0. The molecule has 3 N–H and O–H groups in total. The minimum absolute atomic E-state index is 0.0885. The average Bonchev–Trinajstić information content (AvgIpc) is 2.55. The molecule has 0 aliphatic rings. The number of amides is 1. The van der Waals surface area contributed by atoms with E-state index in [0.717, 1.165) is 5.56 Å². The molecule has 1 amide bonds. The van der Waals surface area contributed by atoms with Gasteiger partial charge in [0.1, 0.15) is 11.7 Å². The van der Waals surface area contributed by atoms with Crippen LogP contribution in [0.2, 0.25) is 0 Å². The molecule has 0 aliphatic heterocycles. The highest BCUT2D eigenvalue weighted by molar-refractivity contribution is 5.94. The molecular weight excluding hydrogens is 294 g/mol. The Labute approximate surface area is 134 Å². The van der Waals surface area contributed by atoms with Gasteiger partial charge in [0.05, 0.1) is 4.92 Å². The Morgan fingerprint density at radius 3 is 2.57 bits per heavy atom. The fraction of sp³-hybridized carbons (Fsp3) is 0.235. The largest absolute Gasteiger partial charge is 0.333 e. The maximum atomic E-state index is 12.1. The molecule has 1 atom stereocenters. The van der Waals surface area contributed by atoms with Gasteiger partial charge in [-0.15, -0.1) is 0 Å². The number of aryl methyl sites for hydroxylation is 1. The van der Waals surface area contributed by atoms with E-state index < -0.39 is 4.92 Å². The Morgan fingerprint density at radius 1 is 1.22 bits per heavy atom. The molecule has 0 spiro atoms. The molecule has 0 heterocycles. The number of nitrogens with one attached hydrogen (secondary N) is 1. The molecule has 0 radical (unpaired) electrons. The maximum Gasteiger partial charge on any atom is 0.293 e. The van der Waals surface area contributed by atoms with Gasteiger partial charge < -0.3 is 10.6 Å². The van der Waals surface area contributed by atoms with Crippen molar-refractivity contribution in [3.63, 3.8) is 0 Å². The van der Waals surface area contributed by atoms with Gasteiger partial charge in [-0.2, -0.15) is 0 Å². The van der Waals surface area contributed by atoms with Crippen LogP contribution in [0.4, 0.5) is 11.4 Å². The highest BCUT2D eigenvalue weighted by Gasteiger charge is 2.19. The number of carbonyl (C=O) groups is 1. The van der Waals surface area contributed by atoms with Gasteiger partial charge in [-0.1, -0.05) is 42.5 Å². The molecule has 2 aromatic carbocycles. The molecule has 6 nitrogen and oxygen atoms in total. The lowest BCUT2D eigenvalue weighted by Gasteiger charge is -2.12. The first-order valence-electron chi connectivity index (χ1n) is 7.41. The zero-order valence-corrected chi connectivity index (χ0v) is 13.2. The number of nitro benzene ring substituents is 1. The lowest BCUT2D eigenvalue weighted by molar-refractivity contribution is -0.682. The Morgan fingerprint density at radius 2 is 1.91 bits per heavy atom. The summed E-state index contributed by atoms with van der Waals surface area (Å²) in [6, 6.07) is 14.7. The summed E-state index contributed by atoms with van der Waals surface area (Å²) in [6.07, 6.45) is 0. The lowest BCUT2D eigenvalue weighted by Crippen LogP contribution is -2.86. The van der Waals surface area contributed by atoms with Crippen molar-refractivity contribution in [2.45, 2.75) is 19.9 Å². The Bertz CT molecular complexity index is 701. The Balaban J connectivity index is 1.99. The van der Waals surface area contributed by atoms with Gasteiger partial charge in [-0.25, -0.2) is 0 Å². The van der Waals surface area contributed by atoms with E-state index in [1.165, 1.54) is 6.07 Å². The fourth-order valence-corrected chi connectivity index (χ4v) is 2.33. The first-order chi connectivity index (χ1) is 11.0. The second-order valence-corrected chi connectivity index (χ2v) is 5.41. The number of hydrogen-bond donors (Lipinski definition) is 2.